The summed E-state index contributed by atoms with van der Waals surface area (Å²) in [5.74, 6) is -1.96. The maximum atomic E-state index is 11.0. The first-order valence-electron chi connectivity index (χ1n) is 4.54. The van der Waals surface area contributed by atoms with Crippen LogP contribution in [0.5, 0.6) is 5.75 Å². The van der Waals surface area contributed by atoms with Crippen LogP contribution in [0, 0.1) is 0 Å². The number of carbonyl (C=O) groups is 2. The quantitative estimate of drug-likeness (QED) is 0.529. The van der Waals surface area contributed by atoms with Crippen LogP contribution in [0.15, 0.2) is 12.1 Å². The van der Waals surface area contributed by atoms with Crippen molar-refractivity contribution in [3.8, 4) is 5.75 Å². The molecule has 0 spiro atoms. The molecule has 0 aliphatic heterocycles. The minimum absolute atomic E-state index is 0.0191. The van der Waals surface area contributed by atoms with Crippen LogP contribution in [0.1, 0.15) is 26.3 Å². The zero-order valence-corrected chi connectivity index (χ0v) is 8.43. The van der Waals surface area contributed by atoms with Gasteiger partial charge in [0.15, 0.2) is 0 Å². The van der Waals surface area contributed by atoms with E-state index in [-0.39, 0.29) is 29.7 Å². The van der Waals surface area contributed by atoms with E-state index in [0.717, 1.165) is 0 Å². The van der Waals surface area contributed by atoms with Crippen LogP contribution in [0.25, 0.3) is 0 Å². The van der Waals surface area contributed by atoms with Crippen molar-refractivity contribution < 1.29 is 19.8 Å². The Morgan fingerprint density at radius 2 is 1.62 bits per heavy atom. The molecule has 0 aliphatic rings. The Morgan fingerprint density at radius 3 is 2.06 bits per heavy atom. The highest BCUT2D eigenvalue weighted by atomic mass is 16.3. The number of phenols is 1. The molecule has 0 bridgehead atoms. The topological polar surface area (TPSA) is 127 Å². The summed E-state index contributed by atoms with van der Waals surface area (Å²) in [6.45, 7) is -0.282. The molecule has 86 valence electrons. The maximum absolute atomic E-state index is 11.0. The monoisotopic (exact) mass is 224 g/mol. The molecule has 0 fully saturated rings. The van der Waals surface area contributed by atoms with Gasteiger partial charge in [-0.15, -0.1) is 0 Å². The Balaban J connectivity index is 3.41. The molecule has 16 heavy (non-hydrogen) atoms. The third-order valence-electron chi connectivity index (χ3n) is 2.18. The lowest BCUT2D eigenvalue weighted by Crippen LogP contribution is -2.17. The predicted molar refractivity (Wildman–Crippen MR) is 55.9 cm³/mol. The number of benzene rings is 1. The fourth-order valence-electron chi connectivity index (χ4n) is 1.43. The van der Waals surface area contributed by atoms with Gasteiger partial charge < -0.3 is 21.7 Å². The van der Waals surface area contributed by atoms with E-state index < -0.39 is 17.6 Å². The van der Waals surface area contributed by atoms with Crippen molar-refractivity contribution >= 4 is 11.8 Å². The number of nitrogens with two attached hydrogens (primary N) is 2. The van der Waals surface area contributed by atoms with Crippen molar-refractivity contribution in [3.05, 3.63) is 28.8 Å². The van der Waals surface area contributed by atoms with Crippen LogP contribution < -0.4 is 11.5 Å². The fourth-order valence-corrected chi connectivity index (χ4v) is 1.43. The number of hydrogen-bond acceptors (Lipinski definition) is 4. The predicted octanol–water partition coefficient (Wildman–Crippen LogP) is -0.875. The molecule has 6 nitrogen and oxygen atoms in total. The van der Waals surface area contributed by atoms with Gasteiger partial charge in [0.05, 0.1) is 5.56 Å². The Kier molecular flexibility index (Phi) is 3.47. The Hall–Kier alpha value is -2.08. The molecule has 0 atom stereocenters. The van der Waals surface area contributed by atoms with Crippen LogP contribution in [0.3, 0.4) is 0 Å². The summed E-state index contributed by atoms with van der Waals surface area (Å²) in [6.07, 6.45) is 0.0191. The lowest BCUT2D eigenvalue weighted by molar-refractivity contribution is 0.0984. The standard InChI is InChI=1S/C10H12N2O4/c11-9(15)6-1-2-7(10(12)16)8(14)5(6)3-4-13/h1-2,13-14H,3-4H2,(H2,11,15)(H2,12,16). The normalized spacial score (nSPS) is 10.1. The van der Waals surface area contributed by atoms with Crippen molar-refractivity contribution in [3.63, 3.8) is 0 Å². The van der Waals surface area contributed by atoms with Gasteiger partial charge in [-0.2, -0.15) is 0 Å². The lowest BCUT2D eigenvalue weighted by Gasteiger charge is -2.10. The van der Waals surface area contributed by atoms with Crippen LogP contribution in [-0.4, -0.2) is 28.6 Å². The van der Waals surface area contributed by atoms with Gasteiger partial charge >= 0.3 is 0 Å². The molecule has 1 aromatic carbocycles. The number of hydrogen-bond donors (Lipinski definition) is 4. The summed E-state index contributed by atoms with van der Waals surface area (Å²) < 4.78 is 0. The highest BCUT2D eigenvalue weighted by molar-refractivity contribution is 6.00. The van der Waals surface area contributed by atoms with E-state index in [2.05, 4.69) is 0 Å². The first-order chi connectivity index (χ1) is 7.49. The molecule has 0 saturated carbocycles. The van der Waals surface area contributed by atoms with E-state index in [0.29, 0.717) is 0 Å². The molecule has 0 radical (unpaired) electrons. The zero-order chi connectivity index (χ0) is 12.3. The SMILES string of the molecule is NC(=O)c1ccc(C(N)=O)c(CCO)c1O. The highest BCUT2D eigenvalue weighted by Gasteiger charge is 2.17. The van der Waals surface area contributed by atoms with E-state index in [9.17, 15) is 14.7 Å². The second-order valence-electron chi connectivity index (χ2n) is 3.19. The molecule has 1 rings (SSSR count). The largest absolute Gasteiger partial charge is 0.507 e. The summed E-state index contributed by atoms with van der Waals surface area (Å²) in [6, 6.07) is 2.52. The number of aliphatic hydroxyl groups is 1. The van der Waals surface area contributed by atoms with Gasteiger partial charge in [-0.25, -0.2) is 0 Å². The van der Waals surface area contributed by atoms with Gasteiger partial charge in [0, 0.05) is 17.7 Å². The van der Waals surface area contributed by atoms with E-state index in [1.165, 1.54) is 12.1 Å². The Morgan fingerprint density at radius 1 is 1.12 bits per heavy atom. The smallest absolute Gasteiger partial charge is 0.252 e. The minimum atomic E-state index is -0.812. The number of primary amides is 2. The summed E-state index contributed by atoms with van der Waals surface area (Å²) >= 11 is 0. The third kappa shape index (κ3) is 2.12. The molecule has 0 aromatic heterocycles. The highest BCUT2D eigenvalue weighted by Crippen LogP contribution is 2.26. The van der Waals surface area contributed by atoms with E-state index in [1.807, 2.05) is 0 Å². The summed E-state index contributed by atoms with van der Waals surface area (Å²) in [5, 5.41) is 18.5. The summed E-state index contributed by atoms with van der Waals surface area (Å²) in [4.78, 5) is 22.0. The van der Waals surface area contributed by atoms with Crippen LogP contribution in [-0.2, 0) is 6.42 Å². The van der Waals surface area contributed by atoms with Crippen molar-refractivity contribution in [2.45, 2.75) is 6.42 Å². The average Bonchev–Trinajstić information content (AvgIpc) is 2.20. The van der Waals surface area contributed by atoms with Crippen LogP contribution >= 0.6 is 0 Å². The van der Waals surface area contributed by atoms with E-state index in [4.69, 9.17) is 16.6 Å². The van der Waals surface area contributed by atoms with Crippen LogP contribution in [0.4, 0.5) is 0 Å². The molecular formula is C10H12N2O4. The van der Waals surface area contributed by atoms with Crippen molar-refractivity contribution in [1.82, 2.24) is 0 Å². The van der Waals surface area contributed by atoms with Gasteiger partial charge in [0.25, 0.3) is 5.91 Å². The van der Waals surface area contributed by atoms with E-state index >= 15 is 0 Å². The molecule has 1 aromatic rings. The second kappa shape index (κ2) is 4.63. The zero-order valence-electron chi connectivity index (χ0n) is 8.43. The maximum Gasteiger partial charge on any atom is 0.252 e. The van der Waals surface area contributed by atoms with E-state index in [1.54, 1.807) is 0 Å². The molecule has 2 amide bonds. The molecule has 0 aliphatic carbocycles. The molecule has 6 heteroatoms. The number of aromatic hydroxyl groups is 1. The fraction of sp³-hybridized carbons (Fsp3) is 0.200. The third-order valence-corrected chi connectivity index (χ3v) is 2.18. The van der Waals surface area contributed by atoms with Gasteiger partial charge in [-0.05, 0) is 18.6 Å². The number of aliphatic hydroxyl groups excluding tert-OH is 1. The van der Waals surface area contributed by atoms with Gasteiger partial charge in [-0.3, -0.25) is 9.59 Å². The van der Waals surface area contributed by atoms with Crippen molar-refractivity contribution in [2.24, 2.45) is 11.5 Å². The molecule has 0 saturated heterocycles. The molecule has 0 unspecified atom stereocenters. The van der Waals surface area contributed by atoms with Crippen LogP contribution in [0.2, 0.25) is 0 Å². The lowest BCUT2D eigenvalue weighted by atomic mass is 9.99. The van der Waals surface area contributed by atoms with Crippen molar-refractivity contribution in [2.75, 3.05) is 6.61 Å². The molecular weight excluding hydrogens is 212 g/mol. The van der Waals surface area contributed by atoms with Gasteiger partial charge in [0.2, 0.25) is 5.91 Å². The summed E-state index contributed by atoms with van der Waals surface area (Å²) in [7, 11) is 0. The Bertz CT molecular complexity index is 443. The van der Waals surface area contributed by atoms with Gasteiger partial charge in [0.1, 0.15) is 5.75 Å². The summed E-state index contributed by atoms with van der Waals surface area (Å²) in [5.41, 5.74) is 10.2. The average molecular weight is 224 g/mol. The molecule has 6 N–H and O–H groups in total. The first kappa shape index (κ1) is 12.0. The first-order valence-corrected chi connectivity index (χ1v) is 4.54. The Labute approximate surface area is 91.5 Å². The number of amides is 2. The number of carbonyl (C=O) groups excluding carboxylic acids is 2. The number of rotatable bonds is 4. The molecule has 0 heterocycles. The van der Waals surface area contributed by atoms with Gasteiger partial charge in [-0.1, -0.05) is 0 Å². The minimum Gasteiger partial charge on any atom is -0.507 e. The second-order valence-corrected chi connectivity index (χ2v) is 3.19. The van der Waals surface area contributed by atoms with Crippen molar-refractivity contribution in [1.29, 1.82) is 0 Å².